The molecule has 4 heteroatoms. The third-order valence-corrected chi connectivity index (χ3v) is 3.54. The summed E-state index contributed by atoms with van der Waals surface area (Å²) in [5.41, 5.74) is 2.38. The molecule has 0 aliphatic carbocycles. The lowest BCUT2D eigenvalue weighted by molar-refractivity contribution is 0.171. The van der Waals surface area contributed by atoms with E-state index in [0.29, 0.717) is 13.2 Å². The fourth-order valence-electron chi connectivity index (χ4n) is 2.51. The van der Waals surface area contributed by atoms with Gasteiger partial charge >= 0.3 is 0 Å². The van der Waals surface area contributed by atoms with Crippen molar-refractivity contribution in [2.45, 2.75) is 19.4 Å². The lowest BCUT2D eigenvalue weighted by Crippen LogP contribution is -2.23. The molecule has 0 saturated carbocycles. The van der Waals surface area contributed by atoms with Crippen LogP contribution >= 0.6 is 0 Å². The second kappa shape index (κ2) is 6.59. The van der Waals surface area contributed by atoms with E-state index in [4.69, 9.17) is 9.47 Å². The highest BCUT2D eigenvalue weighted by Gasteiger charge is 2.17. The number of hydrogen-bond acceptors (Lipinski definition) is 4. The number of benzene rings is 1. The van der Waals surface area contributed by atoms with Crippen LogP contribution in [-0.2, 0) is 0 Å². The molecular formula is C17H20N2O2. The van der Waals surface area contributed by atoms with Gasteiger partial charge in [0.15, 0.2) is 11.5 Å². The van der Waals surface area contributed by atoms with Crippen LogP contribution in [0.5, 0.6) is 11.5 Å². The molecule has 0 bridgehead atoms. The Kier molecular flexibility index (Phi) is 4.36. The molecule has 0 saturated heterocycles. The topological polar surface area (TPSA) is 43.4 Å². The Balaban J connectivity index is 1.92. The van der Waals surface area contributed by atoms with Gasteiger partial charge in [0.05, 0.1) is 6.04 Å². The molecule has 0 amide bonds. The van der Waals surface area contributed by atoms with Crippen LogP contribution in [0, 0.1) is 0 Å². The summed E-state index contributed by atoms with van der Waals surface area (Å²) in [6.45, 7) is 4.36. The molecule has 110 valence electrons. The molecule has 1 N–H and O–H groups in total. The zero-order valence-electron chi connectivity index (χ0n) is 12.2. The molecule has 1 aromatic heterocycles. The minimum Gasteiger partial charge on any atom is -0.486 e. The second-order valence-corrected chi connectivity index (χ2v) is 5.07. The van der Waals surface area contributed by atoms with Gasteiger partial charge in [0, 0.05) is 12.4 Å². The van der Waals surface area contributed by atoms with Gasteiger partial charge in [-0.3, -0.25) is 4.98 Å². The number of ether oxygens (including phenoxy) is 2. The Labute approximate surface area is 125 Å². The summed E-state index contributed by atoms with van der Waals surface area (Å²) >= 11 is 0. The van der Waals surface area contributed by atoms with Crippen molar-refractivity contribution < 1.29 is 9.47 Å². The van der Waals surface area contributed by atoms with Crippen LogP contribution in [0.3, 0.4) is 0 Å². The molecular weight excluding hydrogens is 264 g/mol. The molecule has 21 heavy (non-hydrogen) atoms. The van der Waals surface area contributed by atoms with Gasteiger partial charge in [0.25, 0.3) is 0 Å². The van der Waals surface area contributed by atoms with E-state index in [-0.39, 0.29) is 6.04 Å². The van der Waals surface area contributed by atoms with Crippen LogP contribution in [0.4, 0.5) is 0 Å². The summed E-state index contributed by atoms with van der Waals surface area (Å²) in [6.07, 6.45) is 4.74. The predicted octanol–water partition coefficient (Wildman–Crippen LogP) is 2.94. The van der Waals surface area contributed by atoms with Crippen LogP contribution in [0.25, 0.3) is 0 Å². The molecule has 0 spiro atoms. The number of nitrogens with zero attached hydrogens (tertiary/aromatic N) is 1. The maximum Gasteiger partial charge on any atom is 0.161 e. The third-order valence-electron chi connectivity index (χ3n) is 3.54. The highest BCUT2D eigenvalue weighted by Crippen LogP contribution is 2.34. The summed E-state index contributed by atoms with van der Waals surface area (Å²) in [5.74, 6) is 1.66. The summed E-state index contributed by atoms with van der Waals surface area (Å²) in [5, 5.41) is 3.58. The van der Waals surface area contributed by atoms with E-state index in [1.165, 1.54) is 11.1 Å². The Bertz CT molecular complexity index is 587. The normalized spacial score (nSPS) is 14.7. The zero-order valence-corrected chi connectivity index (χ0v) is 12.2. The first-order chi connectivity index (χ1) is 10.4. The molecule has 1 atom stereocenters. The number of hydrogen-bond donors (Lipinski definition) is 1. The maximum absolute atomic E-state index is 5.69. The lowest BCUT2D eigenvalue weighted by atomic mass is 9.99. The summed E-state index contributed by atoms with van der Waals surface area (Å²) in [7, 11) is 0. The van der Waals surface area contributed by atoms with E-state index in [2.05, 4.69) is 29.4 Å². The van der Waals surface area contributed by atoms with Crippen molar-refractivity contribution in [3.8, 4) is 11.5 Å². The molecule has 3 rings (SSSR count). The standard InChI is InChI=1S/C17H20N2O2/c1-2-7-19-17(13-5-8-18-9-6-13)14-3-4-15-16(12-14)21-11-10-20-15/h3-6,8-9,12,17,19H,2,7,10-11H2,1H3. The number of fused-ring (bicyclic) bond motifs is 1. The highest BCUT2D eigenvalue weighted by molar-refractivity contribution is 5.46. The first kappa shape index (κ1) is 13.9. The van der Waals surface area contributed by atoms with Crippen LogP contribution in [0.1, 0.15) is 30.5 Å². The van der Waals surface area contributed by atoms with Crippen molar-refractivity contribution in [3.05, 3.63) is 53.9 Å². The first-order valence-electron chi connectivity index (χ1n) is 7.41. The summed E-state index contributed by atoms with van der Waals surface area (Å²) in [4.78, 5) is 4.10. The summed E-state index contributed by atoms with van der Waals surface area (Å²) in [6, 6.07) is 10.4. The monoisotopic (exact) mass is 284 g/mol. The van der Waals surface area contributed by atoms with Crippen LogP contribution in [0.15, 0.2) is 42.7 Å². The van der Waals surface area contributed by atoms with E-state index >= 15 is 0 Å². The predicted molar refractivity (Wildman–Crippen MR) is 81.8 cm³/mol. The number of nitrogens with one attached hydrogen (secondary N) is 1. The van der Waals surface area contributed by atoms with Crippen molar-refractivity contribution in [3.63, 3.8) is 0 Å². The molecule has 1 aromatic carbocycles. The van der Waals surface area contributed by atoms with E-state index < -0.39 is 0 Å². The lowest BCUT2D eigenvalue weighted by Gasteiger charge is -2.23. The average molecular weight is 284 g/mol. The van der Waals surface area contributed by atoms with Gasteiger partial charge in [0.2, 0.25) is 0 Å². The average Bonchev–Trinajstić information content (AvgIpc) is 2.56. The molecule has 0 fully saturated rings. The first-order valence-corrected chi connectivity index (χ1v) is 7.41. The Hall–Kier alpha value is -2.07. The van der Waals surface area contributed by atoms with Gasteiger partial charge in [-0.25, -0.2) is 0 Å². The molecule has 1 aliphatic heterocycles. The molecule has 2 aromatic rings. The zero-order chi connectivity index (χ0) is 14.5. The van der Waals surface area contributed by atoms with Gasteiger partial charge in [-0.1, -0.05) is 13.0 Å². The van der Waals surface area contributed by atoms with Crippen molar-refractivity contribution in [2.24, 2.45) is 0 Å². The van der Waals surface area contributed by atoms with Crippen LogP contribution in [-0.4, -0.2) is 24.7 Å². The Morgan fingerprint density at radius 1 is 1.05 bits per heavy atom. The minimum absolute atomic E-state index is 0.142. The van der Waals surface area contributed by atoms with Crippen LogP contribution in [0.2, 0.25) is 0 Å². The van der Waals surface area contributed by atoms with Crippen molar-refractivity contribution in [2.75, 3.05) is 19.8 Å². The molecule has 1 aliphatic rings. The quantitative estimate of drug-likeness (QED) is 0.916. The Morgan fingerprint density at radius 2 is 1.81 bits per heavy atom. The number of aromatic nitrogens is 1. The van der Waals surface area contributed by atoms with Crippen molar-refractivity contribution in [1.29, 1.82) is 0 Å². The molecule has 1 unspecified atom stereocenters. The van der Waals surface area contributed by atoms with Gasteiger partial charge in [-0.15, -0.1) is 0 Å². The number of pyridine rings is 1. The fourth-order valence-corrected chi connectivity index (χ4v) is 2.51. The van der Waals surface area contributed by atoms with Crippen LogP contribution < -0.4 is 14.8 Å². The SMILES string of the molecule is CCCNC(c1ccncc1)c1ccc2c(c1)OCCO2. The van der Waals surface area contributed by atoms with Gasteiger partial charge in [-0.05, 0) is 48.4 Å². The van der Waals surface area contributed by atoms with Gasteiger partial charge in [0.1, 0.15) is 13.2 Å². The van der Waals surface area contributed by atoms with Crippen molar-refractivity contribution in [1.82, 2.24) is 10.3 Å². The fraction of sp³-hybridized carbons (Fsp3) is 0.353. The molecule has 4 nitrogen and oxygen atoms in total. The smallest absolute Gasteiger partial charge is 0.161 e. The Morgan fingerprint density at radius 3 is 2.57 bits per heavy atom. The van der Waals surface area contributed by atoms with E-state index in [9.17, 15) is 0 Å². The largest absolute Gasteiger partial charge is 0.486 e. The molecule has 2 heterocycles. The van der Waals surface area contributed by atoms with Gasteiger partial charge in [-0.2, -0.15) is 0 Å². The van der Waals surface area contributed by atoms with E-state index in [1.807, 2.05) is 30.6 Å². The van der Waals surface area contributed by atoms with Crippen molar-refractivity contribution >= 4 is 0 Å². The third kappa shape index (κ3) is 3.16. The second-order valence-electron chi connectivity index (χ2n) is 5.07. The summed E-state index contributed by atoms with van der Waals surface area (Å²) < 4.78 is 11.3. The van der Waals surface area contributed by atoms with Gasteiger partial charge < -0.3 is 14.8 Å². The minimum atomic E-state index is 0.142. The van der Waals surface area contributed by atoms with E-state index in [0.717, 1.165) is 24.5 Å². The highest BCUT2D eigenvalue weighted by atomic mass is 16.6. The maximum atomic E-state index is 5.69. The number of rotatable bonds is 5. The van der Waals surface area contributed by atoms with E-state index in [1.54, 1.807) is 0 Å². The molecule has 0 radical (unpaired) electrons.